The molecule has 0 radical (unpaired) electrons. The van der Waals surface area contributed by atoms with Gasteiger partial charge in [-0.05, 0) is 38.0 Å². The van der Waals surface area contributed by atoms with Crippen molar-refractivity contribution >= 4 is 15.9 Å². The van der Waals surface area contributed by atoms with Crippen LogP contribution >= 0.6 is 15.9 Å². The molecular weight excluding hydrogens is 282 g/mol. The Morgan fingerprint density at radius 1 is 1.53 bits per heavy atom. The van der Waals surface area contributed by atoms with Gasteiger partial charge < -0.3 is 15.2 Å². The fourth-order valence-electron chi connectivity index (χ4n) is 2.13. The van der Waals surface area contributed by atoms with E-state index in [9.17, 15) is 5.11 Å². The van der Waals surface area contributed by atoms with Crippen LogP contribution in [0.25, 0.3) is 0 Å². The molecule has 2 rings (SSSR count). The van der Waals surface area contributed by atoms with Crippen LogP contribution in [0.1, 0.15) is 25.3 Å². The van der Waals surface area contributed by atoms with Crippen molar-refractivity contribution in [1.29, 1.82) is 0 Å². The van der Waals surface area contributed by atoms with Gasteiger partial charge in [0.2, 0.25) is 0 Å². The van der Waals surface area contributed by atoms with Crippen LogP contribution in [0.5, 0.6) is 5.75 Å². The zero-order valence-corrected chi connectivity index (χ0v) is 11.6. The predicted molar refractivity (Wildman–Crippen MR) is 71.1 cm³/mol. The highest BCUT2D eigenvalue weighted by Gasteiger charge is 2.28. The van der Waals surface area contributed by atoms with Crippen LogP contribution in [0.4, 0.5) is 0 Å². The van der Waals surface area contributed by atoms with Crippen LogP contribution < -0.4 is 5.32 Å². The third-order valence-electron chi connectivity index (χ3n) is 3.16. The minimum Gasteiger partial charge on any atom is -0.508 e. The summed E-state index contributed by atoms with van der Waals surface area (Å²) in [5.74, 6) is 0.332. The van der Waals surface area contributed by atoms with Crippen molar-refractivity contribution in [3.05, 3.63) is 28.2 Å². The fraction of sp³-hybridized carbons (Fsp3) is 0.538. The summed E-state index contributed by atoms with van der Waals surface area (Å²) in [6.07, 6.45) is 2.24. The molecule has 2 N–H and O–H groups in total. The van der Waals surface area contributed by atoms with Crippen molar-refractivity contribution in [1.82, 2.24) is 5.32 Å². The van der Waals surface area contributed by atoms with Gasteiger partial charge >= 0.3 is 0 Å². The molecule has 94 valence electrons. The first-order valence-electron chi connectivity index (χ1n) is 5.91. The van der Waals surface area contributed by atoms with Gasteiger partial charge in [-0.3, -0.25) is 0 Å². The molecule has 17 heavy (non-hydrogen) atoms. The van der Waals surface area contributed by atoms with Crippen LogP contribution in [0.3, 0.4) is 0 Å². The molecule has 1 fully saturated rings. The van der Waals surface area contributed by atoms with Gasteiger partial charge in [-0.15, -0.1) is 0 Å². The number of halogens is 1. The number of ether oxygens (including phenoxy) is 1. The van der Waals surface area contributed by atoms with E-state index in [4.69, 9.17) is 4.74 Å². The summed E-state index contributed by atoms with van der Waals surface area (Å²) in [4.78, 5) is 0. The fourth-order valence-corrected chi connectivity index (χ4v) is 2.54. The topological polar surface area (TPSA) is 41.5 Å². The lowest BCUT2D eigenvalue weighted by Crippen LogP contribution is -2.36. The maximum Gasteiger partial charge on any atom is 0.120 e. The normalized spacial score (nSPS) is 24.1. The molecule has 0 aliphatic carbocycles. The van der Waals surface area contributed by atoms with Crippen molar-refractivity contribution in [2.45, 2.75) is 31.9 Å². The first-order chi connectivity index (χ1) is 8.09. The number of hydrogen-bond acceptors (Lipinski definition) is 3. The lowest BCUT2D eigenvalue weighted by Gasteiger charge is -2.23. The second kappa shape index (κ2) is 5.38. The van der Waals surface area contributed by atoms with E-state index in [0.717, 1.165) is 36.0 Å². The zero-order chi connectivity index (χ0) is 12.3. The quantitative estimate of drug-likeness (QED) is 0.898. The lowest BCUT2D eigenvalue weighted by molar-refractivity contribution is 0.0206. The molecule has 0 spiro atoms. The Hall–Kier alpha value is -0.580. The minimum absolute atomic E-state index is 0.0400. The summed E-state index contributed by atoms with van der Waals surface area (Å²) >= 11 is 3.40. The monoisotopic (exact) mass is 299 g/mol. The van der Waals surface area contributed by atoms with Gasteiger partial charge in [0.1, 0.15) is 5.75 Å². The average Bonchev–Trinajstić information content (AvgIpc) is 2.71. The summed E-state index contributed by atoms with van der Waals surface area (Å²) in [6.45, 7) is 4.47. The molecule has 1 aliphatic rings. The van der Waals surface area contributed by atoms with E-state index in [0.29, 0.717) is 12.3 Å². The lowest BCUT2D eigenvalue weighted by atomic mass is 10.0. The second-order valence-electron chi connectivity index (χ2n) is 4.78. The maximum absolute atomic E-state index is 9.70. The minimum atomic E-state index is -0.0400. The van der Waals surface area contributed by atoms with Gasteiger partial charge in [0.25, 0.3) is 0 Å². The van der Waals surface area contributed by atoms with Crippen molar-refractivity contribution in [3.63, 3.8) is 0 Å². The van der Waals surface area contributed by atoms with E-state index >= 15 is 0 Å². The Morgan fingerprint density at radius 3 is 3.06 bits per heavy atom. The largest absolute Gasteiger partial charge is 0.508 e. The SMILES string of the molecule is CC1(CNCc2cc(Br)ccc2O)CCCO1. The van der Waals surface area contributed by atoms with Gasteiger partial charge in [-0.25, -0.2) is 0 Å². The number of aromatic hydroxyl groups is 1. The highest BCUT2D eigenvalue weighted by molar-refractivity contribution is 9.10. The molecule has 1 heterocycles. The first kappa shape index (κ1) is 12.9. The Bertz CT molecular complexity index is 389. The highest BCUT2D eigenvalue weighted by atomic mass is 79.9. The van der Waals surface area contributed by atoms with Gasteiger partial charge in [0.05, 0.1) is 5.60 Å². The number of nitrogens with one attached hydrogen (secondary N) is 1. The number of benzene rings is 1. The predicted octanol–water partition coefficient (Wildman–Crippen LogP) is 2.81. The molecule has 1 unspecified atom stereocenters. The van der Waals surface area contributed by atoms with Gasteiger partial charge in [0.15, 0.2) is 0 Å². The standard InChI is InChI=1S/C13H18BrNO2/c1-13(5-2-6-17-13)9-15-8-10-7-11(14)3-4-12(10)16/h3-4,7,15-16H,2,5-6,8-9H2,1H3. The van der Waals surface area contributed by atoms with Crippen molar-refractivity contribution in [2.75, 3.05) is 13.2 Å². The van der Waals surface area contributed by atoms with Crippen LogP contribution in [-0.2, 0) is 11.3 Å². The Kier molecular flexibility index (Phi) is 4.07. The third kappa shape index (κ3) is 3.44. The van der Waals surface area contributed by atoms with E-state index in [1.165, 1.54) is 0 Å². The molecule has 0 saturated carbocycles. The van der Waals surface area contributed by atoms with Crippen LogP contribution in [0.15, 0.2) is 22.7 Å². The Morgan fingerprint density at radius 2 is 2.35 bits per heavy atom. The molecule has 3 nitrogen and oxygen atoms in total. The Labute approximate surface area is 110 Å². The van der Waals surface area contributed by atoms with Crippen LogP contribution in [0.2, 0.25) is 0 Å². The highest BCUT2D eigenvalue weighted by Crippen LogP contribution is 2.25. The summed E-state index contributed by atoms with van der Waals surface area (Å²) < 4.78 is 6.68. The molecule has 1 aromatic carbocycles. The number of rotatable bonds is 4. The Balaban J connectivity index is 1.87. The van der Waals surface area contributed by atoms with E-state index < -0.39 is 0 Å². The molecule has 0 bridgehead atoms. The van der Waals surface area contributed by atoms with E-state index in [2.05, 4.69) is 28.2 Å². The van der Waals surface area contributed by atoms with E-state index in [1.807, 2.05) is 12.1 Å². The zero-order valence-electron chi connectivity index (χ0n) is 10.0. The molecule has 1 aliphatic heterocycles. The molecule has 0 amide bonds. The molecular formula is C13H18BrNO2. The van der Waals surface area contributed by atoms with Crippen molar-refractivity contribution in [3.8, 4) is 5.75 Å². The van der Waals surface area contributed by atoms with Gasteiger partial charge in [-0.2, -0.15) is 0 Å². The maximum atomic E-state index is 9.70. The van der Waals surface area contributed by atoms with Crippen LogP contribution in [-0.4, -0.2) is 23.9 Å². The van der Waals surface area contributed by atoms with Crippen molar-refractivity contribution in [2.24, 2.45) is 0 Å². The molecule has 4 heteroatoms. The smallest absolute Gasteiger partial charge is 0.120 e. The molecule has 1 aromatic rings. The second-order valence-corrected chi connectivity index (χ2v) is 5.69. The van der Waals surface area contributed by atoms with E-state index in [1.54, 1.807) is 6.07 Å². The molecule has 1 atom stereocenters. The van der Waals surface area contributed by atoms with Crippen molar-refractivity contribution < 1.29 is 9.84 Å². The third-order valence-corrected chi connectivity index (χ3v) is 3.65. The first-order valence-corrected chi connectivity index (χ1v) is 6.70. The summed E-state index contributed by atoms with van der Waals surface area (Å²) in [6, 6.07) is 5.47. The number of phenols is 1. The average molecular weight is 300 g/mol. The van der Waals surface area contributed by atoms with Gasteiger partial charge in [0, 0.05) is 29.7 Å². The van der Waals surface area contributed by atoms with E-state index in [-0.39, 0.29) is 5.60 Å². The van der Waals surface area contributed by atoms with Gasteiger partial charge in [-0.1, -0.05) is 15.9 Å². The van der Waals surface area contributed by atoms with Crippen LogP contribution in [0, 0.1) is 0 Å². The summed E-state index contributed by atoms with van der Waals surface area (Å²) in [5, 5.41) is 13.0. The number of phenolic OH excluding ortho intramolecular Hbond substituents is 1. The summed E-state index contributed by atoms with van der Waals surface area (Å²) in [7, 11) is 0. The molecule has 0 aromatic heterocycles. The summed E-state index contributed by atoms with van der Waals surface area (Å²) in [5.41, 5.74) is 0.864. The molecule has 1 saturated heterocycles. The number of hydrogen-bond donors (Lipinski definition) is 2.